The molecule has 0 saturated heterocycles. The molecule has 3 atom stereocenters. The minimum atomic E-state index is 0.736. The fraction of sp³-hybridized carbons (Fsp3) is 1.00. The van der Waals surface area contributed by atoms with Gasteiger partial charge in [-0.15, -0.1) is 0 Å². The van der Waals surface area contributed by atoms with Crippen LogP contribution in [0.2, 0.25) is 0 Å². The van der Waals surface area contributed by atoms with E-state index in [0.29, 0.717) is 0 Å². The highest BCUT2D eigenvalue weighted by atomic mass is 16.5. The van der Waals surface area contributed by atoms with E-state index in [1.165, 1.54) is 19.3 Å². The quantitative estimate of drug-likeness (QED) is 0.662. The molecule has 0 aromatic heterocycles. The predicted molar refractivity (Wildman–Crippen MR) is 55.8 cm³/mol. The molecule has 0 spiro atoms. The van der Waals surface area contributed by atoms with E-state index in [0.717, 1.165) is 31.0 Å². The van der Waals surface area contributed by atoms with Crippen molar-refractivity contribution in [1.29, 1.82) is 0 Å². The Hall–Kier alpha value is -0.0800. The van der Waals surface area contributed by atoms with Crippen molar-refractivity contribution in [3.63, 3.8) is 0 Å². The molecule has 0 bridgehead atoms. The van der Waals surface area contributed by atoms with Gasteiger partial charge in [0.25, 0.3) is 0 Å². The fourth-order valence-corrected chi connectivity index (χ4v) is 2.46. The Balaban J connectivity index is 2.20. The molecule has 3 unspecified atom stereocenters. The normalized spacial score (nSPS) is 33.9. The Morgan fingerprint density at radius 2 is 2.15 bits per heavy atom. The third-order valence-electron chi connectivity index (χ3n) is 3.46. The van der Waals surface area contributed by atoms with Gasteiger partial charge in [0.2, 0.25) is 0 Å². The Kier molecular flexibility index (Phi) is 4.74. The second kappa shape index (κ2) is 5.61. The van der Waals surface area contributed by atoms with Gasteiger partial charge in [-0.1, -0.05) is 20.3 Å². The molecule has 0 aliphatic heterocycles. The molecule has 0 aromatic carbocycles. The molecule has 78 valence electrons. The minimum absolute atomic E-state index is 0.736. The standard InChI is InChI=1S/C11H23NO/c1-4-10-5-6-11(9(10)2)12-7-8-13-3/h9-12H,4-8H2,1-3H3. The molecular formula is C11H23NO. The van der Waals surface area contributed by atoms with E-state index in [9.17, 15) is 0 Å². The van der Waals surface area contributed by atoms with E-state index in [1.54, 1.807) is 7.11 Å². The van der Waals surface area contributed by atoms with Crippen LogP contribution in [0, 0.1) is 11.8 Å². The van der Waals surface area contributed by atoms with Gasteiger partial charge in [0.15, 0.2) is 0 Å². The largest absolute Gasteiger partial charge is 0.383 e. The summed E-state index contributed by atoms with van der Waals surface area (Å²) in [5.74, 6) is 1.79. The summed E-state index contributed by atoms with van der Waals surface area (Å²) in [6.45, 7) is 6.52. The Labute approximate surface area is 82.0 Å². The van der Waals surface area contributed by atoms with E-state index in [4.69, 9.17) is 4.74 Å². The summed E-state index contributed by atoms with van der Waals surface area (Å²) in [7, 11) is 1.76. The molecular weight excluding hydrogens is 162 g/mol. The first-order valence-electron chi connectivity index (χ1n) is 5.52. The topological polar surface area (TPSA) is 21.3 Å². The van der Waals surface area contributed by atoms with Crippen molar-refractivity contribution in [3.8, 4) is 0 Å². The summed E-state index contributed by atoms with van der Waals surface area (Å²) >= 11 is 0. The molecule has 0 aromatic rings. The molecule has 1 fully saturated rings. The molecule has 13 heavy (non-hydrogen) atoms. The van der Waals surface area contributed by atoms with E-state index < -0.39 is 0 Å². The van der Waals surface area contributed by atoms with Gasteiger partial charge in [0.1, 0.15) is 0 Å². The van der Waals surface area contributed by atoms with Crippen LogP contribution >= 0.6 is 0 Å². The van der Waals surface area contributed by atoms with Crippen LogP contribution in [0.25, 0.3) is 0 Å². The van der Waals surface area contributed by atoms with Crippen molar-refractivity contribution in [2.24, 2.45) is 11.8 Å². The van der Waals surface area contributed by atoms with Crippen molar-refractivity contribution in [3.05, 3.63) is 0 Å². The number of ether oxygens (including phenoxy) is 1. The molecule has 1 rings (SSSR count). The number of nitrogens with one attached hydrogen (secondary N) is 1. The lowest BCUT2D eigenvalue weighted by molar-refractivity contribution is 0.191. The van der Waals surface area contributed by atoms with Crippen molar-refractivity contribution in [2.45, 2.75) is 39.2 Å². The molecule has 2 heteroatoms. The lowest BCUT2D eigenvalue weighted by atomic mass is 9.93. The molecule has 1 N–H and O–H groups in total. The highest BCUT2D eigenvalue weighted by Gasteiger charge is 2.30. The van der Waals surface area contributed by atoms with Crippen LogP contribution in [-0.4, -0.2) is 26.3 Å². The minimum Gasteiger partial charge on any atom is -0.383 e. The average Bonchev–Trinajstić information content (AvgIpc) is 2.48. The van der Waals surface area contributed by atoms with Gasteiger partial charge in [-0.05, 0) is 24.7 Å². The maximum absolute atomic E-state index is 5.03. The highest BCUT2D eigenvalue weighted by molar-refractivity contribution is 4.86. The zero-order valence-electron chi connectivity index (χ0n) is 9.18. The molecule has 0 radical (unpaired) electrons. The zero-order valence-corrected chi connectivity index (χ0v) is 9.18. The fourth-order valence-electron chi connectivity index (χ4n) is 2.46. The summed E-state index contributed by atoms with van der Waals surface area (Å²) in [5.41, 5.74) is 0. The second-order valence-corrected chi connectivity index (χ2v) is 4.16. The maximum Gasteiger partial charge on any atom is 0.0587 e. The van der Waals surface area contributed by atoms with Gasteiger partial charge in [0, 0.05) is 19.7 Å². The van der Waals surface area contributed by atoms with E-state index in [2.05, 4.69) is 19.2 Å². The first kappa shape index (κ1) is 11.0. The highest BCUT2D eigenvalue weighted by Crippen LogP contribution is 2.33. The number of hydrogen-bond acceptors (Lipinski definition) is 2. The summed E-state index contributed by atoms with van der Waals surface area (Å²) in [5, 5.41) is 3.57. The van der Waals surface area contributed by atoms with Gasteiger partial charge in [-0.3, -0.25) is 0 Å². The molecule has 0 heterocycles. The Morgan fingerprint density at radius 3 is 2.69 bits per heavy atom. The second-order valence-electron chi connectivity index (χ2n) is 4.16. The van der Waals surface area contributed by atoms with Gasteiger partial charge in [0.05, 0.1) is 6.61 Å². The molecule has 1 aliphatic rings. The van der Waals surface area contributed by atoms with E-state index in [1.807, 2.05) is 0 Å². The summed E-state index contributed by atoms with van der Waals surface area (Å²) < 4.78 is 5.03. The van der Waals surface area contributed by atoms with Crippen LogP contribution < -0.4 is 5.32 Å². The van der Waals surface area contributed by atoms with Crippen molar-refractivity contribution in [1.82, 2.24) is 5.32 Å². The maximum atomic E-state index is 5.03. The van der Waals surface area contributed by atoms with Crippen LogP contribution in [0.15, 0.2) is 0 Å². The third kappa shape index (κ3) is 2.96. The molecule has 0 amide bonds. The third-order valence-corrected chi connectivity index (χ3v) is 3.46. The first-order valence-corrected chi connectivity index (χ1v) is 5.52. The number of rotatable bonds is 5. The van der Waals surface area contributed by atoms with Crippen LogP contribution in [0.5, 0.6) is 0 Å². The monoisotopic (exact) mass is 185 g/mol. The molecule has 1 saturated carbocycles. The van der Waals surface area contributed by atoms with Gasteiger partial charge < -0.3 is 10.1 Å². The van der Waals surface area contributed by atoms with Crippen molar-refractivity contribution < 1.29 is 4.74 Å². The van der Waals surface area contributed by atoms with Gasteiger partial charge in [-0.2, -0.15) is 0 Å². The number of hydrogen-bond donors (Lipinski definition) is 1. The van der Waals surface area contributed by atoms with Crippen molar-refractivity contribution in [2.75, 3.05) is 20.3 Å². The van der Waals surface area contributed by atoms with Crippen LogP contribution in [0.4, 0.5) is 0 Å². The van der Waals surface area contributed by atoms with Crippen molar-refractivity contribution >= 4 is 0 Å². The van der Waals surface area contributed by atoms with E-state index >= 15 is 0 Å². The SMILES string of the molecule is CCC1CCC(NCCOC)C1C. The van der Waals surface area contributed by atoms with Crippen LogP contribution in [0.1, 0.15) is 33.1 Å². The van der Waals surface area contributed by atoms with Gasteiger partial charge in [-0.25, -0.2) is 0 Å². The first-order chi connectivity index (χ1) is 6.29. The van der Waals surface area contributed by atoms with E-state index in [-0.39, 0.29) is 0 Å². The lowest BCUT2D eigenvalue weighted by Crippen LogP contribution is -2.34. The predicted octanol–water partition coefficient (Wildman–Crippen LogP) is 2.05. The van der Waals surface area contributed by atoms with Crippen LogP contribution in [-0.2, 0) is 4.74 Å². The Morgan fingerprint density at radius 1 is 1.38 bits per heavy atom. The summed E-state index contributed by atoms with van der Waals surface area (Å²) in [6, 6.07) is 0.736. The average molecular weight is 185 g/mol. The molecule has 2 nitrogen and oxygen atoms in total. The summed E-state index contributed by atoms with van der Waals surface area (Å²) in [4.78, 5) is 0. The van der Waals surface area contributed by atoms with Gasteiger partial charge >= 0.3 is 0 Å². The summed E-state index contributed by atoms with van der Waals surface area (Å²) in [6.07, 6.45) is 4.09. The lowest BCUT2D eigenvalue weighted by Gasteiger charge is -2.20. The smallest absolute Gasteiger partial charge is 0.0587 e. The number of methoxy groups -OCH3 is 1. The Bertz CT molecular complexity index is 138. The van der Waals surface area contributed by atoms with Crippen LogP contribution in [0.3, 0.4) is 0 Å². The zero-order chi connectivity index (χ0) is 9.68. The molecule has 1 aliphatic carbocycles.